The highest BCUT2D eigenvalue weighted by Crippen LogP contribution is 2.27. The van der Waals surface area contributed by atoms with Crippen LogP contribution in [0.3, 0.4) is 0 Å². The Bertz CT molecular complexity index is 1380. The molecule has 3 N–H and O–H groups in total. The highest BCUT2D eigenvalue weighted by Gasteiger charge is 2.18. The van der Waals surface area contributed by atoms with Gasteiger partial charge in [-0.3, -0.25) is 9.59 Å². The fourth-order valence-electron chi connectivity index (χ4n) is 3.29. The largest absolute Gasteiger partial charge is 0.342 e. The number of hydrogen-bond donors (Lipinski definition) is 3. The van der Waals surface area contributed by atoms with E-state index in [0.29, 0.717) is 33.3 Å². The first-order chi connectivity index (χ1) is 15.2. The molecule has 4 aromatic rings. The molecule has 0 saturated carbocycles. The van der Waals surface area contributed by atoms with Gasteiger partial charge in [0.2, 0.25) is 0 Å². The summed E-state index contributed by atoms with van der Waals surface area (Å²) in [4.78, 5) is 33.3. The average Bonchev–Trinajstić information content (AvgIpc) is 3.10. The molecule has 162 valence electrons. The molecule has 1 aromatic heterocycles. The Morgan fingerprint density at radius 2 is 1.69 bits per heavy atom. The number of nitrogens with one attached hydrogen (secondary N) is 3. The molecule has 9 heteroatoms. The normalized spacial score (nSPS) is 10.9. The van der Waals surface area contributed by atoms with Crippen molar-refractivity contribution in [1.82, 2.24) is 9.97 Å². The van der Waals surface area contributed by atoms with Crippen LogP contribution in [-0.4, -0.2) is 21.8 Å². The first-order valence-corrected chi connectivity index (χ1v) is 10.3. The number of hydrogen-bond acceptors (Lipinski definition) is 3. The third-order valence-electron chi connectivity index (χ3n) is 4.90. The van der Waals surface area contributed by atoms with Crippen LogP contribution in [0.4, 0.5) is 15.8 Å². The van der Waals surface area contributed by atoms with Gasteiger partial charge >= 0.3 is 0 Å². The maximum Gasteiger partial charge on any atom is 0.258 e. The van der Waals surface area contributed by atoms with Crippen molar-refractivity contribution in [2.45, 2.75) is 13.8 Å². The summed E-state index contributed by atoms with van der Waals surface area (Å²) >= 11 is 12.2. The van der Waals surface area contributed by atoms with E-state index < -0.39 is 17.6 Å². The van der Waals surface area contributed by atoms with E-state index in [1.54, 1.807) is 38.1 Å². The number of H-pyrrole nitrogens is 1. The fourth-order valence-corrected chi connectivity index (χ4v) is 3.72. The van der Waals surface area contributed by atoms with E-state index in [2.05, 4.69) is 20.6 Å². The molecule has 0 spiro atoms. The number of rotatable bonds is 4. The Morgan fingerprint density at radius 3 is 2.44 bits per heavy atom. The van der Waals surface area contributed by atoms with Gasteiger partial charge in [0.1, 0.15) is 17.2 Å². The van der Waals surface area contributed by atoms with Gasteiger partial charge in [-0.25, -0.2) is 9.37 Å². The molecule has 6 nitrogen and oxygen atoms in total. The second-order valence-corrected chi connectivity index (χ2v) is 8.00. The Hall–Kier alpha value is -3.42. The summed E-state index contributed by atoms with van der Waals surface area (Å²) in [5, 5.41) is 6.06. The Morgan fingerprint density at radius 1 is 0.938 bits per heavy atom. The highest BCUT2D eigenvalue weighted by molar-refractivity contribution is 6.34. The molecule has 0 bridgehead atoms. The van der Waals surface area contributed by atoms with Crippen molar-refractivity contribution in [3.63, 3.8) is 0 Å². The number of anilines is 2. The van der Waals surface area contributed by atoms with Crippen molar-refractivity contribution in [2.24, 2.45) is 0 Å². The van der Waals surface area contributed by atoms with Gasteiger partial charge in [-0.2, -0.15) is 0 Å². The van der Waals surface area contributed by atoms with Crippen LogP contribution >= 0.6 is 23.2 Å². The first-order valence-electron chi connectivity index (χ1n) is 9.56. The van der Waals surface area contributed by atoms with E-state index in [9.17, 15) is 14.0 Å². The molecule has 0 atom stereocenters. The molecule has 0 saturated heterocycles. The zero-order valence-electron chi connectivity index (χ0n) is 17.0. The zero-order valence-corrected chi connectivity index (χ0v) is 18.5. The maximum absolute atomic E-state index is 13.3. The predicted molar refractivity (Wildman–Crippen MR) is 124 cm³/mol. The van der Waals surface area contributed by atoms with Gasteiger partial charge in [0, 0.05) is 16.4 Å². The van der Waals surface area contributed by atoms with Gasteiger partial charge in [0.05, 0.1) is 21.7 Å². The van der Waals surface area contributed by atoms with Crippen molar-refractivity contribution in [3.8, 4) is 0 Å². The number of imidazole rings is 1. The van der Waals surface area contributed by atoms with Gasteiger partial charge in [0.15, 0.2) is 0 Å². The third kappa shape index (κ3) is 4.30. The highest BCUT2D eigenvalue weighted by atomic mass is 35.5. The van der Waals surface area contributed by atoms with Gasteiger partial charge in [-0.1, -0.05) is 29.3 Å². The minimum Gasteiger partial charge on any atom is -0.342 e. The van der Waals surface area contributed by atoms with E-state index in [-0.39, 0.29) is 16.1 Å². The summed E-state index contributed by atoms with van der Waals surface area (Å²) in [5.74, 6) is -0.889. The van der Waals surface area contributed by atoms with E-state index >= 15 is 0 Å². The summed E-state index contributed by atoms with van der Waals surface area (Å²) in [5.41, 5.74) is 3.03. The summed E-state index contributed by atoms with van der Waals surface area (Å²) in [7, 11) is 0. The topological polar surface area (TPSA) is 86.9 Å². The molecule has 0 fully saturated rings. The molecule has 0 unspecified atom stereocenters. The number of aromatic amines is 1. The quantitative estimate of drug-likeness (QED) is 0.335. The van der Waals surface area contributed by atoms with Crippen molar-refractivity contribution < 1.29 is 14.0 Å². The summed E-state index contributed by atoms with van der Waals surface area (Å²) in [6, 6.07) is 11.9. The number of nitrogens with zero attached hydrogens (tertiary/aromatic N) is 1. The van der Waals surface area contributed by atoms with Crippen LogP contribution in [0.2, 0.25) is 10.0 Å². The number of carbonyl (C=O) groups excluding carboxylic acids is 2. The van der Waals surface area contributed by atoms with Crippen molar-refractivity contribution in [2.75, 3.05) is 10.6 Å². The predicted octanol–water partition coefficient (Wildman–Crippen LogP) is 6.13. The van der Waals surface area contributed by atoms with Crippen LogP contribution in [0, 0.1) is 19.7 Å². The maximum atomic E-state index is 13.3. The number of carbonyl (C=O) groups is 2. The minimum absolute atomic E-state index is 0.0182. The third-order valence-corrected chi connectivity index (χ3v) is 5.62. The monoisotopic (exact) mass is 470 g/mol. The molecule has 4 rings (SSSR count). The zero-order chi connectivity index (χ0) is 23.0. The summed E-state index contributed by atoms with van der Waals surface area (Å²) in [6.45, 7) is 3.56. The second kappa shape index (κ2) is 8.61. The van der Waals surface area contributed by atoms with Crippen molar-refractivity contribution in [1.29, 1.82) is 0 Å². The Kier molecular flexibility index (Phi) is 5.86. The lowest BCUT2D eigenvalue weighted by atomic mass is 10.1. The van der Waals surface area contributed by atoms with E-state index in [4.69, 9.17) is 23.2 Å². The van der Waals surface area contributed by atoms with Crippen molar-refractivity contribution >= 4 is 57.4 Å². The molecular formula is C23H17Cl2FN4O2. The van der Waals surface area contributed by atoms with Crippen LogP contribution in [0.1, 0.15) is 32.1 Å². The summed E-state index contributed by atoms with van der Waals surface area (Å²) < 4.78 is 13.3. The number of benzene rings is 3. The van der Waals surface area contributed by atoms with Crippen LogP contribution in [-0.2, 0) is 0 Å². The molecule has 0 aliphatic rings. The lowest BCUT2D eigenvalue weighted by Gasteiger charge is -2.12. The second-order valence-electron chi connectivity index (χ2n) is 7.19. The fraction of sp³-hybridized carbons (Fsp3) is 0.0870. The van der Waals surface area contributed by atoms with E-state index in [1.807, 2.05) is 0 Å². The summed E-state index contributed by atoms with van der Waals surface area (Å²) in [6.07, 6.45) is 0. The number of aromatic nitrogens is 2. The molecule has 0 aliphatic heterocycles. The van der Waals surface area contributed by atoms with Crippen molar-refractivity contribution in [3.05, 3.63) is 86.9 Å². The Labute approximate surface area is 192 Å². The van der Waals surface area contributed by atoms with Crippen LogP contribution in [0.15, 0.2) is 48.5 Å². The minimum atomic E-state index is -0.545. The van der Waals surface area contributed by atoms with Gasteiger partial charge in [-0.05, 0) is 61.9 Å². The van der Waals surface area contributed by atoms with Crippen LogP contribution in [0.5, 0.6) is 0 Å². The standard InChI is InChI=1S/C23H17Cl2FN4O2/c1-11-17(24)4-3-5-19(11)30-23(32)16-9-14(10-20-21(16)28-12(2)27-20)29-22(31)15-7-6-13(26)8-18(15)25/h3-10H,1-2H3,(H,27,28)(H,29,31)(H,30,32). The van der Waals surface area contributed by atoms with Gasteiger partial charge < -0.3 is 15.6 Å². The smallest absolute Gasteiger partial charge is 0.258 e. The number of aryl methyl sites for hydroxylation is 1. The van der Waals surface area contributed by atoms with Gasteiger partial charge in [-0.15, -0.1) is 0 Å². The lowest BCUT2D eigenvalue weighted by molar-refractivity contribution is 0.101. The molecule has 0 aliphatic carbocycles. The Balaban J connectivity index is 1.70. The molecular weight excluding hydrogens is 454 g/mol. The number of fused-ring (bicyclic) bond motifs is 1. The SMILES string of the molecule is Cc1nc2c(C(=O)Nc3cccc(Cl)c3C)cc(NC(=O)c3ccc(F)cc3Cl)cc2[nH]1. The molecule has 32 heavy (non-hydrogen) atoms. The molecule has 3 aromatic carbocycles. The molecule has 1 heterocycles. The molecule has 0 radical (unpaired) electrons. The average molecular weight is 471 g/mol. The lowest BCUT2D eigenvalue weighted by Crippen LogP contribution is -2.16. The van der Waals surface area contributed by atoms with Crippen LogP contribution < -0.4 is 10.6 Å². The van der Waals surface area contributed by atoms with Crippen LogP contribution in [0.25, 0.3) is 11.0 Å². The first kappa shape index (κ1) is 21.8. The molecule has 2 amide bonds. The van der Waals surface area contributed by atoms with Gasteiger partial charge in [0.25, 0.3) is 11.8 Å². The van der Waals surface area contributed by atoms with E-state index in [0.717, 1.165) is 17.7 Å². The van der Waals surface area contributed by atoms with E-state index in [1.165, 1.54) is 12.1 Å². The number of amides is 2. The number of halogens is 3.